The summed E-state index contributed by atoms with van der Waals surface area (Å²) in [6, 6.07) is 9.33. The van der Waals surface area contributed by atoms with Gasteiger partial charge in [-0.1, -0.05) is 18.2 Å². The molecule has 2 aliphatic rings. The summed E-state index contributed by atoms with van der Waals surface area (Å²) in [6.45, 7) is 0.648. The first-order chi connectivity index (χ1) is 14.5. The van der Waals surface area contributed by atoms with Gasteiger partial charge in [-0.3, -0.25) is 9.59 Å². The highest BCUT2D eigenvalue weighted by Crippen LogP contribution is 2.44. The molecule has 1 N–H and O–H groups in total. The summed E-state index contributed by atoms with van der Waals surface area (Å²) in [4.78, 5) is 26.6. The van der Waals surface area contributed by atoms with E-state index in [1.54, 1.807) is 11.0 Å². The predicted octanol–water partition coefficient (Wildman–Crippen LogP) is 2.64. The fourth-order valence-electron chi connectivity index (χ4n) is 4.21. The maximum atomic E-state index is 12.7. The second-order valence-corrected chi connectivity index (χ2v) is 8.05. The highest BCUT2D eigenvalue weighted by atomic mass is 16.5. The standard InChI is InChI=1S/C22H27N3O5/c1-25-12-11-22(10-9-21(25)27)14-17(16-5-3-4-6-18(16)29-22)23-19(26)8-7-15-13-20(28-2)24-30-15/h3-6,13,17H,7-12,14H2,1-2H3,(H,23,26). The van der Waals surface area contributed by atoms with Crippen LogP contribution < -0.4 is 14.8 Å². The summed E-state index contributed by atoms with van der Waals surface area (Å²) in [6.07, 6.45) is 3.21. The van der Waals surface area contributed by atoms with Crippen LogP contribution in [0.1, 0.15) is 49.5 Å². The lowest BCUT2D eigenvalue weighted by atomic mass is 9.82. The van der Waals surface area contributed by atoms with Gasteiger partial charge in [0.05, 0.1) is 13.2 Å². The van der Waals surface area contributed by atoms with Crippen LogP contribution in [0, 0.1) is 0 Å². The number of para-hydroxylation sites is 1. The van der Waals surface area contributed by atoms with Crippen molar-refractivity contribution in [2.24, 2.45) is 0 Å². The van der Waals surface area contributed by atoms with Gasteiger partial charge in [-0.15, -0.1) is 0 Å². The van der Waals surface area contributed by atoms with Crippen molar-refractivity contribution in [2.75, 3.05) is 20.7 Å². The highest BCUT2D eigenvalue weighted by Gasteiger charge is 2.43. The number of methoxy groups -OCH3 is 1. The normalized spacial score (nSPS) is 23.5. The Labute approximate surface area is 175 Å². The van der Waals surface area contributed by atoms with Gasteiger partial charge in [0, 0.05) is 57.3 Å². The Kier molecular flexibility index (Phi) is 5.65. The lowest BCUT2D eigenvalue weighted by molar-refractivity contribution is -0.129. The van der Waals surface area contributed by atoms with E-state index in [1.165, 1.54) is 7.11 Å². The van der Waals surface area contributed by atoms with E-state index in [2.05, 4.69) is 10.5 Å². The van der Waals surface area contributed by atoms with E-state index in [0.29, 0.717) is 43.9 Å². The Hall–Kier alpha value is -3.03. The third kappa shape index (κ3) is 4.27. The molecule has 3 heterocycles. The molecule has 4 rings (SSSR count). The first-order valence-electron chi connectivity index (χ1n) is 10.3. The number of fused-ring (bicyclic) bond motifs is 1. The fraction of sp³-hybridized carbons (Fsp3) is 0.500. The molecule has 0 radical (unpaired) electrons. The summed E-state index contributed by atoms with van der Waals surface area (Å²) >= 11 is 0. The van der Waals surface area contributed by atoms with E-state index in [-0.39, 0.29) is 24.3 Å². The number of carbonyl (C=O) groups is 2. The van der Waals surface area contributed by atoms with Crippen LogP contribution in [0.3, 0.4) is 0 Å². The highest BCUT2D eigenvalue weighted by molar-refractivity contribution is 5.77. The molecule has 1 spiro atoms. The Morgan fingerprint density at radius 1 is 1.37 bits per heavy atom. The molecular formula is C22H27N3O5. The minimum Gasteiger partial charge on any atom is -0.487 e. The molecule has 0 bridgehead atoms. The van der Waals surface area contributed by atoms with E-state index in [1.807, 2.05) is 31.3 Å². The lowest BCUT2D eigenvalue weighted by Gasteiger charge is -2.42. The summed E-state index contributed by atoms with van der Waals surface area (Å²) in [5.41, 5.74) is 0.520. The maximum Gasteiger partial charge on any atom is 0.254 e. The molecule has 30 heavy (non-hydrogen) atoms. The van der Waals surface area contributed by atoms with Crippen molar-refractivity contribution in [1.82, 2.24) is 15.4 Å². The second kappa shape index (κ2) is 8.38. The first-order valence-corrected chi connectivity index (χ1v) is 10.3. The molecule has 2 aliphatic heterocycles. The molecule has 2 atom stereocenters. The zero-order chi connectivity index (χ0) is 21.1. The van der Waals surface area contributed by atoms with Crippen molar-refractivity contribution in [1.29, 1.82) is 0 Å². The van der Waals surface area contributed by atoms with Crippen molar-refractivity contribution in [2.45, 2.75) is 50.2 Å². The van der Waals surface area contributed by atoms with E-state index in [0.717, 1.165) is 17.7 Å². The van der Waals surface area contributed by atoms with E-state index in [4.69, 9.17) is 14.0 Å². The van der Waals surface area contributed by atoms with Crippen molar-refractivity contribution < 1.29 is 23.6 Å². The smallest absolute Gasteiger partial charge is 0.254 e. The fourth-order valence-corrected chi connectivity index (χ4v) is 4.21. The van der Waals surface area contributed by atoms with Gasteiger partial charge >= 0.3 is 0 Å². The number of rotatable bonds is 5. The SMILES string of the molecule is COc1cc(CCC(=O)NC2CC3(CCC(=O)N(C)CC3)Oc3ccccc32)on1. The van der Waals surface area contributed by atoms with E-state index >= 15 is 0 Å². The molecule has 8 heteroatoms. The third-order valence-electron chi connectivity index (χ3n) is 6.00. The molecule has 8 nitrogen and oxygen atoms in total. The number of nitrogens with one attached hydrogen (secondary N) is 1. The first kappa shape index (κ1) is 20.3. The Balaban J connectivity index is 1.47. The van der Waals surface area contributed by atoms with Crippen molar-refractivity contribution >= 4 is 11.8 Å². The van der Waals surface area contributed by atoms with Gasteiger partial charge < -0.3 is 24.2 Å². The van der Waals surface area contributed by atoms with Crippen LogP contribution in [0.15, 0.2) is 34.9 Å². The summed E-state index contributed by atoms with van der Waals surface area (Å²) in [7, 11) is 3.35. The summed E-state index contributed by atoms with van der Waals surface area (Å²) in [5.74, 6) is 1.86. The van der Waals surface area contributed by atoms with Gasteiger partial charge in [-0.05, 0) is 17.6 Å². The molecule has 0 saturated carbocycles. The minimum absolute atomic E-state index is 0.0657. The molecule has 1 aromatic heterocycles. The zero-order valence-electron chi connectivity index (χ0n) is 17.3. The van der Waals surface area contributed by atoms with Crippen LogP contribution in [0.4, 0.5) is 0 Å². The summed E-state index contributed by atoms with van der Waals surface area (Å²) in [5, 5.41) is 6.93. The van der Waals surface area contributed by atoms with Crippen molar-refractivity contribution in [3.63, 3.8) is 0 Å². The van der Waals surface area contributed by atoms with Crippen LogP contribution in [0.25, 0.3) is 0 Å². The van der Waals surface area contributed by atoms with E-state index < -0.39 is 5.60 Å². The predicted molar refractivity (Wildman–Crippen MR) is 108 cm³/mol. The second-order valence-electron chi connectivity index (χ2n) is 8.05. The molecule has 2 unspecified atom stereocenters. The molecule has 1 fully saturated rings. The third-order valence-corrected chi connectivity index (χ3v) is 6.00. The van der Waals surface area contributed by atoms with Gasteiger partial charge in [0.2, 0.25) is 11.8 Å². The molecule has 1 saturated heterocycles. The van der Waals surface area contributed by atoms with Crippen LogP contribution in [0.5, 0.6) is 11.6 Å². The number of ether oxygens (including phenoxy) is 2. The Morgan fingerprint density at radius 2 is 2.20 bits per heavy atom. The zero-order valence-corrected chi connectivity index (χ0v) is 17.3. The molecule has 2 amide bonds. The number of amides is 2. The lowest BCUT2D eigenvalue weighted by Crippen LogP contribution is -2.45. The van der Waals surface area contributed by atoms with Crippen LogP contribution in [-0.2, 0) is 16.0 Å². The summed E-state index contributed by atoms with van der Waals surface area (Å²) < 4.78 is 16.6. The van der Waals surface area contributed by atoms with Gasteiger partial charge in [0.25, 0.3) is 5.88 Å². The van der Waals surface area contributed by atoms with Crippen molar-refractivity contribution in [3.8, 4) is 11.6 Å². The maximum absolute atomic E-state index is 12.7. The van der Waals surface area contributed by atoms with Gasteiger partial charge in [-0.25, -0.2) is 0 Å². The number of nitrogens with zero attached hydrogens (tertiary/aromatic N) is 2. The average Bonchev–Trinajstić information content (AvgIpc) is 3.18. The topological polar surface area (TPSA) is 93.9 Å². The van der Waals surface area contributed by atoms with Crippen molar-refractivity contribution in [3.05, 3.63) is 41.7 Å². The number of aromatic nitrogens is 1. The van der Waals surface area contributed by atoms with Gasteiger partial charge in [-0.2, -0.15) is 0 Å². The van der Waals surface area contributed by atoms with Crippen LogP contribution in [-0.4, -0.2) is 48.2 Å². The Bertz CT molecular complexity index is 927. The van der Waals surface area contributed by atoms with Gasteiger partial charge in [0.1, 0.15) is 17.1 Å². The quantitative estimate of drug-likeness (QED) is 0.810. The van der Waals surface area contributed by atoms with E-state index in [9.17, 15) is 9.59 Å². The van der Waals surface area contributed by atoms with Gasteiger partial charge in [0.15, 0.2) is 0 Å². The van der Waals surface area contributed by atoms with Crippen LogP contribution in [0.2, 0.25) is 0 Å². The number of hydrogen-bond acceptors (Lipinski definition) is 6. The monoisotopic (exact) mass is 413 g/mol. The Morgan fingerprint density at radius 3 is 3.00 bits per heavy atom. The number of hydrogen-bond donors (Lipinski definition) is 1. The molecule has 160 valence electrons. The molecule has 0 aliphatic carbocycles. The number of carbonyl (C=O) groups excluding carboxylic acids is 2. The average molecular weight is 413 g/mol. The number of aryl methyl sites for hydroxylation is 1. The number of likely N-dealkylation sites (tertiary alicyclic amines) is 1. The van der Waals surface area contributed by atoms with Crippen LogP contribution >= 0.6 is 0 Å². The number of benzene rings is 1. The molecule has 1 aromatic carbocycles. The largest absolute Gasteiger partial charge is 0.487 e. The molecule has 2 aromatic rings. The molecular weight excluding hydrogens is 386 g/mol. The minimum atomic E-state index is -0.453.